The molecule has 1 aromatic carbocycles. The predicted molar refractivity (Wildman–Crippen MR) is 79.7 cm³/mol. The van der Waals surface area contributed by atoms with Crippen LogP contribution in [0.25, 0.3) is 11.0 Å². The van der Waals surface area contributed by atoms with Gasteiger partial charge in [0.2, 0.25) is 0 Å². The summed E-state index contributed by atoms with van der Waals surface area (Å²) in [4.78, 5) is 2.44. The second-order valence-corrected chi connectivity index (χ2v) is 5.17. The van der Waals surface area contributed by atoms with Crippen molar-refractivity contribution in [1.82, 2.24) is 10.2 Å². The molecule has 4 nitrogen and oxygen atoms in total. The van der Waals surface area contributed by atoms with Gasteiger partial charge >= 0.3 is 0 Å². The summed E-state index contributed by atoms with van der Waals surface area (Å²) in [6, 6.07) is 8.32. The SMILES string of the molecule is CCNCc1oc2ccccc2c1CN1CCOCC1. The quantitative estimate of drug-likeness (QED) is 0.908. The molecule has 1 aromatic heterocycles. The summed E-state index contributed by atoms with van der Waals surface area (Å²) in [7, 11) is 0. The zero-order chi connectivity index (χ0) is 13.8. The molecule has 0 aliphatic carbocycles. The summed E-state index contributed by atoms with van der Waals surface area (Å²) in [5.41, 5.74) is 2.31. The molecule has 1 aliphatic heterocycles. The Hall–Kier alpha value is -1.36. The van der Waals surface area contributed by atoms with Crippen molar-refractivity contribution in [3.8, 4) is 0 Å². The van der Waals surface area contributed by atoms with Crippen LogP contribution in [-0.4, -0.2) is 37.7 Å². The number of furan rings is 1. The Balaban J connectivity index is 1.88. The lowest BCUT2D eigenvalue weighted by Crippen LogP contribution is -2.35. The molecule has 0 bridgehead atoms. The van der Waals surface area contributed by atoms with E-state index >= 15 is 0 Å². The molecule has 1 saturated heterocycles. The van der Waals surface area contributed by atoms with Gasteiger partial charge in [-0.15, -0.1) is 0 Å². The third-order valence-electron chi connectivity index (χ3n) is 3.80. The van der Waals surface area contributed by atoms with Crippen LogP contribution in [0.1, 0.15) is 18.2 Å². The third-order valence-corrected chi connectivity index (χ3v) is 3.80. The van der Waals surface area contributed by atoms with Gasteiger partial charge in [-0.05, 0) is 12.6 Å². The molecular weight excluding hydrogens is 252 g/mol. The highest BCUT2D eigenvalue weighted by Crippen LogP contribution is 2.27. The number of nitrogens with one attached hydrogen (secondary N) is 1. The molecule has 0 radical (unpaired) electrons. The molecular formula is C16H22N2O2. The average Bonchev–Trinajstić information content (AvgIpc) is 2.84. The largest absolute Gasteiger partial charge is 0.459 e. The Kier molecular flexibility index (Phi) is 4.35. The standard InChI is InChI=1S/C16H22N2O2/c1-2-17-11-16-14(12-18-7-9-19-10-8-18)13-5-3-4-6-15(13)20-16/h3-6,17H,2,7-12H2,1H3. The lowest BCUT2D eigenvalue weighted by molar-refractivity contribution is 0.0341. The Morgan fingerprint density at radius 2 is 2.00 bits per heavy atom. The van der Waals surface area contributed by atoms with E-state index in [1.165, 1.54) is 10.9 Å². The first-order valence-electron chi connectivity index (χ1n) is 7.38. The van der Waals surface area contributed by atoms with Crippen molar-refractivity contribution in [2.75, 3.05) is 32.8 Å². The van der Waals surface area contributed by atoms with Gasteiger partial charge in [0.05, 0.1) is 19.8 Å². The minimum atomic E-state index is 0.796. The molecule has 1 fully saturated rings. The zero-order valence-electron chi connectivity index (χ0n) is 12.0. The number of rotatable bonds is 5. The van der Waals surface area contributed by atoms with Crippen LogP contribution in [0, 0.1) is 0 Å². The monoisotopic (exact) mass is 274 g/mol. The molecule has 0 unspecified atom stereocenters. The first kappa shape index (κ1) is 13.6. The van der Waals surface area contributed by atoms with Crippen molar-refractivity contribution >= 4 is 11.0 Å². The second kappa shape index (κ2) is 6.39. The van der Waals surface area contributed by atoms with E-state index in [1.54, 1.807) is 0 Å². The summed E-state index contributed by atoms with van der Waals surface area (Å²) >= 11 is 0. The maximum atomic E-state index is 6.02. The number of fused-ring (bicyclic) bond motifs is 1. The third kappa shape index (κ3) is 2.87. The number of morpholine rings is 1. The minimum Gasteiger partial charge on any atom is -0.459 e. The molecule has 20 heavy (non-hydrogen) atoms. The average molecular weight is 274 g/mol. The van der Waals surface area contributed by atoms with E-state index in [4.69, 9.17) is 9.15 Å². The van der Waals surface area contributed by atoms with Gasteiger partial charge in [0, 0.05) is 30.6 Å². The molecule has 108 valence electrons. The van der Waals surface area contributed by atoms with E-state index in [2.05, 4.69) is 29.3 Å². The normalized spacial score (nSPS) is 16.9. The highest BCUT2D eigenvalue weighted by atomic mass is 16.5. The number of nitrogens with zero attached hydrogens (tertiary/aromatic N) is 1. The van der Waals surface area contributed by atoms with Gasteiger partial charge in [-0.2, -0.15) is 0 Å². The first-order chi connectivity index (χ1) is 9.88. The highest BCUT2D eigenvalue weighted by molar-refractivity contribution is 5.82. The first-order valence-corrected chi connectivity index (χ1v) is 7.38. The van der Waals surface area contributed by atoms with Gasteiger partial charge in [0.1, 0.15) is 11.3 Å². The van der Waals surface area contributed by atoms with Crippen molar-refractivity contribution in [1.29, 1.82) is 0 Å². The summed E-state index contributed by atoms with van der Waals surface area (Å²) in [5, 5.41) is 4.61. The Morgan fingerprint density at radius 3 is 2.80 bits per heavy atom. The van der Waals surface area contributed by atoms with E-state index in [0.29, 0.717) is 0 Å². The molecule has 2 heterocycles. The number of hydrogen-bond acceptors (Lipinski definition) is 4. The Labute approximate surface area is 119 Å². The summed E-state index contributed by atoms with van der Waals surface area (Å²) in [6.07, 6.45) is 0. The van der Waals surface area contributed by atoms with Crippen LogP contribution in [0.4, 0.5) is 0 Å². The fourth-order valence-electron chi connectivity index (χ4n) is 2.69. The van der Waals surface area contributed by atoms with Crippen molar-refractivity contribution < 1.29 is 9.15 Å². The van der Waals surface area contributed by atoms with E-state index in [9.17, 15) is 0 Å². The maximum Gasteiger partial charge on any atom is 0.134 e. The minimum absolute atomic E-state index is 0.796. The van der Waals surface area contributed by atoms with E-state index in [-0.39, 0.29) is 0 Å². The van der Waals surface area contributed by atoms with Crippen LogP contribution in [-0.2, 0) is 17.8 Å². The Bertz CT molecular complexity index is 559. The van der Waals surface area contributed by atoms with Crippen LogP contribution < -0.4 is 5.32 Å². The summed E-state index contributed by atoms with van der Waals surface area (Å²) in [5.74, 6) is 1.07. The molecule has 1 N–H and O–H groups in total. The number of ether oxygens (including phenoxy) is 1. The van der Waals surface area contributed by atoms with Crippen molar-refractivity contribution in [3.63, 3.8) is 0 Å². The lowest BCUT2D eigenvalue weighted by Gasteiger charge is -2.26. The van der Waals surface area contributed by atoms with Crippen LogP contribution in [0.5, 0.6) is 0 Å². The van der Waals surface area contributed by atoms with Gasteiger partial charge in [-0.3, -0.25) is 4.90 Å². The highest BCUT2D eigenvalue weighted by Gasteiger charge is 2.18. The van der Waals surface area contributed by atoms with E-state index in [0.717, 1.165) is 57.3 Å². The van der Waals surface area contributed by atoms with Crippen molar-refractivity contribution in [2.24, 2.45) is 0 Å². The zero-order valence-corrected chi connectivity index (χ0v) is 12.0. The predicted octanol–water partition coefficient (Wildman–Crippen LogP) is 2.37. The van der Waals surface area contributed by atoms with Crippen molar-refractivity contribution in [3.05, 3.63) is 35.6 Å². The van der Waals surface area contributed by atoms with Gasteiger partial charge in [0.25, 0.3) is 0 Å². The molecule has 0 saturated carbocycles. The van der Waals surface area contributed by atoms with Gasteiger partial charge in [-0.1, -0.05) is 25.1 Å². The van der Waals surface area contributed by atoms with Gasteiger partial charge < -0.3 is 14.5 Å². The summed E-state index contributed by atoms with van der Waals surface area (Å²) < 4.78 is 11.4. The number of hydrogen-bond donors (Lipinski definition) is 1. The van der Waals surface area contributed by atoms with Crippen LogP contribution in [0.2, 0.25) is 0 Å². The van der Waals surface area contributed by atoms with E-state index < -0.39 is 0 Å². The second-order valence-electron chi connectivity index (χ2n) is 5.17. The molecule has 3 rings (SSSR count). The molecule has 0 amide bonds. The van der Waals surface area contributed by atoms with Crippen LogP contribution in [0.3, 0.4) is 0 Å². The molecule has 4 heteroatoms. The number of benzene rings is 1. The molecule has 2 aromatic rings. The van der Waals surface area contributed by atoms with Crippen LogP contribution >= 0.6 is 0 Å². The van der Waals surface area contributed by atoms with Crippen LogP contribution in [0.15, 0.2) is 28.7 Å². The van der Waals surface area contributed by atoms with Gasteiger partial charge in [-0.25, -0.2) is 0 Å². The van der Waals surface area contributed by atoms with Gasteiger partial charge in [0.15, 0.2) is 0 Å². The maximum absolute atomic E-state index is 6.02. The summed E-state index contributed by atoms with van der Waals surface area (Å²) in [6.45, 7) is 8.47. The molecule has 0 spiro atoms. The fourth-order valence-corrected chi connectivity index (χ4v) is 2.69. The van der Waals surface area contributed by atoms with Crippen molar-refractivity contribution in [2.45, 2.75) is 20.0 Å². The Morgan fingerprint density at radius 1 is 1.20 bits per heavy atom. The smallest absolute Gasteiger partial charge is 0.134 e. The lowest BCUT2D eigenvalue weighted by atomic mass is 10.1. The number of para-hydroxylation sites is 1. The topological polar surface area (TPSA) is 37.6 Å². The fraction of sp³-hybridized carbons (Fsp3) is 0.500. The molecule has 1 aliphatic rings. The molecule has 0 atom stereocenters. The van der Waals surface area contributed by atoms with E-state index in [1.807, 2.05) is 12.1 Å².